The highest BCUT2D eigenvalue weighted by molar-refractivity contribution is 6.09. The van der Waals surface area contributed by atoms with Crippen LogP contribution in [0.5, 0.6) is 0 Å². The standard InChI is InChI=1S/C28H17FO/c29-26-12-6-11-24-25-17-19(13-16-27(25)30-28(24)26)21-15-14-20(18-7-2-1-3-8-18)22-9-4-5-10-23(21)22/h1-17H/i1D,2D,3D,7D,8D. The van der Waals surface area contributed by atoms with E-state index in [1.807, 2.05) is 54.6 Å². The van der Waals surface area contributed by atoms with E-state index in [0.29, 0.717) is 16.5 Å². The lowest BCUT2D eigenvalue weighted by Crippen LogP contribution is -1.86. The van der Waals surface area contributed by atoms with Gasteiger partial charge in [0, 0.05) is 10.8 Å². The Bertz CT molecular complexity index is 1790. The van der Waals surface area contributed by atoms with E-state index >= 15 is 0 Å². The fourth-order valence-electron chi connectivity index (χ4n) is 4.09. The van der Waals surface area contributed by atoms with E-state index in [4.69, 9.17) is 11.3 Å². The van der Waals surface area contributed by atoms with Crippen LogP contribution in [-0.4, -0.2) is 0 Å². The number of furan rings is 1. The number of para-hydroxylation sites is 1. The van der Waals surface area contributed by atoms with Gasteiger partial charge in [0.05, 0.1) is 6.85 Å². The van der Waals surface area contributed by atoms with Crippen molar-refractivity contribution in [3.63, 3.8) is 0 Å². The van der Waals surface area contributed by atoms with Crippen LogP contribution in [0.3, 0.4) is 0 Å². The molecule has 30 heavy (non-hydrogen) atoms. The molecule has 0 saturated carbocycles. The third-order valence-corrected chi connectivity index (χ3v) is 5.45. The van der Waals surface area contributed by atoms with Gasteiger partial charge >= 0.3 is 0 Å². The number of halogens is 1. The minimum absolute atomic E-state index is 0.172. The molecule has 1 aromatic heterocycles. The molecule has 0 N–H and O–H groups in total. The Labute approximate surface area is 180 Å². The monoisotopic (exact) mass is 393 g/mol. The van der Waals surface area contributed by atoms with Crippen LogP contribution < -0.4 is 0 Å². The smallest absolute Gasteiger partial charge is 0.171 e. The van der Waals surface area contributed by atoms with Gasteiger partial charge in [-0.2, -0.15) is 0 Å². The van der Waals surface area contributed by atoms with E-state index in [-0.39, 0.29) is 35.3 Å². The average molecular weight is 393 g/mol. The molecule has 142 valence electrons. The quantitative estimate of drug-likeness (QED) is 0.289. The van der Waals surface area contributed by atoms with Crippen LogP contribution in [0.1, 0.15) is 6.85 Å². The number of rotatable bonds is 2. The predicted molar refractivity (Wildman–Crippen MR) is 122 cm³/mol. The van der Waals surface area contributed by atoms with Gasteiger partial charge in [-0.25, -0.2) is 4.39 Å². The first-order chi connectivity index (χ1) is 16.9. The van der Waals surface area contributed by atoms with Crippen molar-refractivity contribution in [2.45, 2.75) is 0 Å². The molecule has 5 aromatic carbocycles. The summed E-state index contributed by atoms with van der Waals surface area (Å²) < 4.78 is 60.9. The maximum Gasteiger partial charge on any atom is 0.171 e. The lowest BCUT2D eigenvalue weighted by atomic mass is 9.92. The Kier molecular flexibility index (Phi) is 2.76. The molecule has 6 aromatic rings. The molecule has 0 spiro atoms. The summed E-state index contributed by atoms with van der Waals surface area (Å²) in [4.78, 5) is 0. The zero-order valence-electron chi connectivity index (χ0n) is 20.7. The van der Waals surface area contributed by atoms with Crippen LogP contribution in [0.25, 0.3) is 55.0 Å². The number of hydrogen-bond acceptors (Lipinski definition) is 1. The van der Waals surface area contributed by atoms with Gasteiger partial charge in [0.15, 0.2) is 11.4 Å². The second-order valence-electron chi connectivity index (χ2n) is 7.14. The van der Waals surface area contributed by atoms with Crippen molar-refractivity contribution in [2.75, 3.05) is 0 Å². The summed E-state index contributed by atoms with van der Waals surface area (Å²) in [6.45, 7) is 0. The highest BCUT2D eigenvalue weighted by Crippen LogP contribution is 2.38. The minimum atomic E-state index is -0.415. The summed E-state index contributed by atoms with van der Waals surface area (Å²) in [5, 5.41) is 3.14. The molecular formula is C28H17FO. The van der Waals surface area contributed by atoms with Crippen molar-refractivity contribution in [1.29, 1.82) is 0 Å². The maximum atomic E-state index is 14.2. The SMILES string of the molecule is [2H]c1c([2H])c([2H])c(-c2ccc(-c3ccc4oc5c(F)cccc5c4c3)c3ccccc23)c([2H])c1[2H]. The summed E-state index contributed by atoms with van der Waals surface area (Å²) in [5.74, 6) is -0.409. The van der Waals surface area contributed by atoms with Crippen molar-refractivity contribution in [1.82, 2.24) is 0 Å². The Balaban J connectivity index is 1.62. The number of hydrogen-bond donors (Lipinski definition) is 0. The first kappa shape index (κ1) is 12.6. The van der Waals surface area contributed by atoms with Crippen molar-refractivity contribution >= 4 is 32.7 Å². The normalized spacial score (nSPS) is 13.8. The third-order valence-electron chi connectivity index (χ3n) is 5.45. The fourth-order valence-corrected chi connectivity index (χ4v) is 4.09. The molecule has 0 atom stereocenters. The Morgan fingerprint density at radius 2 is 1.33 bits per heavy atom. The van der Waals surface area contributed by atoms with Crippen molar-refractivity contribution < 1.29 is 15.7 Å². The van der Waals surface area contributed by atoms with E-state index in [0.717, 1.165) is 27.3 Å². The molecule has 0 fully saturated rings. The van der Waals surface area contributed by atoms with E-state index in [1.54, 1.807) is 12.1 Å². The highest BCUT2D eigenvalue weighted by Gasteiger charge is 2.13. The predicted octanol–water partition coefficient (Wildman–Crippen LogP) is 8.21. The second-order valence-corrected chi connectivity index (χ2v) is 7.14. The van der Waals surface area contributed by atoms with Crippen LogP contribution in [0.4, 0.5) is 4.39 Å². The van der Waals surface area contributed by atoms with Crippen LogP contribution in [0.15, 0.2) is 107 Å². The van der Waals surface area contributed by atoms with E-state index < -0.39 is 11.9 Å². The van der Waals surface area contributed by atoms with Crippen molar-refractivity contribution in [2.24, 2.45) is 0 Å². The molecule has 0 aliphatic heterocycles. The Morgan fingerprint density at radius 1 is 0.633 bits per heavy atom. The molecule has 0 amide bonds. The number of fused-ring (bicyclic) bond motifs is 4. The Morgan fingerprint density at radius 3 is 2.10 bits per heavy atom. The van der Waals surface area contributed by atoms with Gasteiger partial charge in [-0.05, 0) is 51.2 Å². The summed E-state index contributed by atoms with van der Waals surface area (Å²) >= 11 is 0. The lowest BCUT2D eigenvalue weighted by Gasteiger charge is -2.12. The van der Waals surface area contributed by atoms with Crippen LogP contribution in [0.2, 0.25) is 0 Å². The molecule has 1 nitrogen and oxygen atoms in total. The summed E-state index contributed by atoms with van der Waals surface area (Å²) in [6, 6.07) is 20.2. The lowest BCUT2D eigenvalue weighted by molar-refractivity contribution is 0.584. The maximum absolute atomic E-state index is 14.2. The van der Waals surface area contributed by atoms with E-state index in [9.17, 15) is 4.39 Å². The second kappa shape index (κ2) is 6.57. The molecule has 0 aliphatic carbocycles. The van der Waals surface area contributed by atoms with Gasteiger partial charge in [-0.1, -0.05) is 84.8 Å². The van der Waals surface area contributed by atoms with Crippen LogP contribution >= 0.6 is 0 Å². The molecule has 0 radical (unpaired) electrons. The average Bonchev–Trinajstić information content (AvgIpc) is 3.26. The molecule has 2 heteroatoms. The summed E-state index contributed by atoms with van der Waals surface area (Å²) in [7, 11) is 0. The van der Waals surface area contributed by atoms with E-state index in [1.165, 1.54) is 6.07 Å². The molecule has 0 bridgehead atoms. The van der Waals surface area contributed by atoms with Gasteiger partial charge < -0.3 is 4.42 Å². The largest absolute Gasteiger partial charge is 0.453 e. The highest BCUT2D eigenvalue weighted by atomic mass is 19.1. The zero-order valence-corrected chi connectivity index (χ0v) is 15.7. The van der Waals surface area contributed by atoms with Gasteiger partial charge in [0.1, 0.15) is 5.58 Å². The third kappa shape index (κ3) is 2.54. The van der Waals surface area contributed by atoms with Crippen molar-refractivity contribution in [3.05, 3.63) is 109 Å². The van der Waals surface area contributed by atoms with Gasteiger partial charge in [0.25, 0.3) is 0 Å². The van der Waals surface area contributed by atoms with Gasteiger partial charge in [0.2, 0.25) is 0 Å². The molecular weight excluding hydrogens is 371 g/mol. The molecule has 0 unspecified atom stereocenters. The summed E-state index contributed by atoms with van der Waals surface area (Å²) in [5.41, 5.74) is 3.36. The molecule has 0 aliphatic rings. The van der Waals surface area contributed by atoms with Crippen molar-refractivity contribution in [3.8, 4) is 22.3 Å². The molecule has 6 rings (SSSR count). The van der Waals surface area contributed by atoms with Gasteiger partial charge in [-0.15, -0.1) is 0 Å². The summed E-state index contributed by atoms with van der Waals surface area (Å²) in [6.07, 6.45) is 0. The minimum Gasteiger partial charge on any atom is -0.453 e. The fraction of sp³-hybridized carbons (Fsp3) is 0. The Hall–Kier alpha value is -3.91. The van der Waals surface area contributed by atoms with Gasteiger partial charge in [-0.3, -0.25) is 0 Å². The van der Waals surface area contributed by atoms with Crippen LogP contribution in [0, 0.1) is 5.82 Å². The van der Waals surface area contributed by atoms with E-state index in [2.05, 4.69) is 0 Å². The molecule has 0 saturated heterocycles. The molecule has 1 heterocycles. The first-order valence-corrected chi connectivity index (χ1v) is 9.57. The topological polar surface area (TPSA) is 13.1 Å². The number of benzene rings is 5. The zero-order chi connectivity index (χ0) is 24.4. The van der Waals surface area contributed by atoms with Crippen LogP contribution in [-0.2, 0) is 0 Å². The first-order valence-electron chi connectivity index (χ1n) is 12.1.